The lowest BCUT2D eigenvalue weighted by molar-refractivity contribution is 0.0632. The number of piperidine rings is 1. The van der Waals surface area contributed by atoms with E-state index in [-0.39, 0.29) is 11.8 Å². The summed E-state index contributed by atoms with van der Waals surface area (Å²) in [5.74, 6) is -0.520. The molecule has 0 N–H and O–H groups in total. The van der Waals surface area contributed by atoms with E-state index in [0.29, 0.717) is 50.9 Å². The maximum atomic E-state index is 13.4. The second-order valence-corrected chi connectivity index (χ2v) is 9.25. The summed E-state index contributed by atoms with van der Waals surface area (Å²) >= 11 is 12.2. The number of para-hydroxylation sites is 1. The van der Waals surface area contributed by atoms with Crippen molar-refractivity contribution in [2.75, 3.05) is 26.2 Å². The van der Waals surface area contributed by atoms with Gasteiger partial charge in [-0.15, -0.1) is 0 Å². The summed E-state index contributed by atoms with van der Waals surface area (Å²) in [5, 5.41) is 1.63. The third-order valence-electron chi connectivity index (χ3n) is 6.30. The van der Waals surface area contributed by atoms with Crippen molar-refractivity contribution in [3.05, 3.63) is 74.9 Å². The minimum absolute atomic E-state index is 0.241. The molecule has 0 unspecified atom stereocenters. The van der Waals surface area contributed by atoms with E-state index in [2.05, 4.69) is 4.90 Å². The molecular weight excluding hydrogens is 457 g/mol. The number of halogens is 2. The second-order valence-electron chi connectivity index (χ2n) is 8.44. The van der Waals surface area contributed by atoms with Crippen molar-refractivity contribution >= 4 is 58.1 Å². The Morgan fingerprint density at radius 1 is 0.848 bits per heavy atom. The molecule has 1 aromatic heterocycles. The van der Waals surface area contributed by atoms with Crippen molar-refractivity contribution in [3.8, 4) is 0 Å². The van der Waals surface area contributed by atoms with E-state index < -0.39 is 0 Å². The van der Waals surface area contributed by atoms with Crippen LogP contribution in [0.3, 0.4) is 0 Å². The number of carbonyl (C=O) groups excluding carboxylic acids is 2. The van der Waals surface area contributed by atoms with Gasteiger partial charge in [0.15, 0.2) is 0 Å². The molecule has 5 rings (SSSR count). The van der Waals surface area contributed by atoms with Crippen molar-refractivity contribution < 1.29 is 9.59 Å². The van der Waals surface area contributed by atoms with Gasteiger partial charge in [0.2, 0.25) is 0 Å². The third-order valence-corrected chi connectivity index (χ3v) is 7.04. The Bertz CT molecular complexity index is 1280. The van der Waals surface area contributed by atoms with Gasteiger partial charge in [-0.25, -0.2) is 4.98 Å². The number of hydrogen-bond acceptors (Lipinski definition) is 4. The van der Waals surface area contributed by atoms with Crippen LogP contribution in [0.15, 0.2) is 42.5 Å². The molecule has 0 atom stereocenters. The fourth-order valence-corrected chi connectivity index (χ4v) is 4.88. The summed E-state index contributed by atoms with van der Waals surface area (Å²) in [6.07, 6.45) is 7.17. The second kappa shape index (κ2) is 9.26. The number of aromatic nitrogens is 1. The van der Waals surface area contributed by atoms with Gasteiger partial charge in [0.05, 0.1) is 32.4 Å². The van der Waals surface area contributed by atoms with E-state index in [1.165, 1.54) is 24.2 Å². The Balaban J connectivity index is 1.51. The predicted molar refractivity (Wildman–Crippen MR) is 133 cm³/mol. The number of carbonyl (C=O) groups is 2. The van der Waals surface area contributed by atoms with Crippen LogP contribution in [-0.4, -0.2) is 52.8 Å². The molecule has 0 saturated carbocycles. The summed E-state index contributed by atoms with van der Waals surface area (Å²) in [7, 11) is 0. The highest BCUT2D eigenvalue weighted by Gasteiger charge is 2.39. The van der Waals surface area contributed by atoms with Crippen molar-refractivity contribution in [2.45, 2.75) is 19.3 Å². The molecule has 3 aromatic rings. The summed E-state index contributed by atoms with van der Waals surface area (Å²) in [4.78, 5) is 35.3. The highest BCUT2D eigenvalue weighted by Crippen LogP contribution is 2.33. The van der Waals surface area contributed by atoms with E-state index in [0.717, 1.165) is 18.7 Å². The smallest absolute Gasteiger partial charge is 0.263 e. The van der Waals surface area contributed by atoms with Crippen LogP contribution in [0.5, 0.6) is 0 Å². The molecule has 5 nitrogen and oxygen atoms in total. The van der Waals surface area contributed by atoms with Crippen LogP contribution in [0.25, 0.3) is 23.1 Å². The number of rotatable bonds is 5. The normalized spacial score (nSPS) is 16.8. The number of hydrogen-bond donors (Lipinski definition) is 0. The Hall–Kier alpha value is -2.73. The molecule has 2 aliphatic rings. The standard InChI is InChI=1S/C26H23Cl2N3O2/c27-19-10-8-17(16-20(19)28)9-11-22-24-23(18-6-2-3-7-21(18)29-22)25(32)31(26(24)33)15-14-30-12-4-1-5-13-30/h2-3,6-11,16H,1,4-5,12-15H2/b11-9-. The molecule has 7 heteroatoms. The molecule has 0 spiro atoms. The molecule has 2 aromatic carbocycles. The van der Waals surface area contributed by atoms with Gasteiger partial charge >= 0.3 is 0 Å². The molecule has 1 saturated heterocycles. The van der Waals surface area contributed by atoms with Crippen LogP contribution < -0.4 is 0 Å². The van der Waals surface area contributed by atoms with Crippen LogP contribution in [0, 0.1) is 0 Å². The summed E-state index contributed by atoms with van der Waals surface area (Å²) in [6, 6.07) is 12.8. The molecule has 2 aliphatic heterocycles. The maximum absolute atomic E-state index is 13.4. The van der Waals surface area contributed by atoms with Crippen LogP contribution in [-0.2, 0) is 0 Å². The van der Waals surface area contributed by atoms with Crippen LogP contribution in [0.4, 0.5) is 0 Å². The first-order chi connectivity index (χ1) is 16.0. The molecule has 1 fully saturated rings. The zero-order chi connectivity index (χ0) is 22.9. The van der Waals surface area contributed by atoms with E-state index in [4.69, 9.17) is 28.2 Å². The maximum Gasteiger partial charge on any atom is 0.263 e. The number of pyridine rings is 1. The van der Waals surface area contributed by atoms with E-state index >= 15 is 0 Å². The van der Waals surface area contributed by atoms with Gasteiger partial charge in [0.1, 0.15) is 0 Å². The quantitative estimate of drug-likeness (QED) is 0.434. The van der Waals surface area contributed by atoms with Crippen LogP contribution in [0.2, 0.25) is 10.0 Å². The molecule has 3 heterocycles. The minimum Gasteiger partial charge on any atom is -0.302 e. The number of nitrogens with zero attached hydrogens (tertiary/aromatic N) is 3. The molecule has 0 bridgehead atoms. The van der Waals surface area contributed by atoms with Gasteiger partial charge in [-0.1, -0.05) is 60.0 Å². The number of amides is 2. The number of fused-ring (bicyclic) bond motifs is 3. The van der Waals surface area contributed by atoms with Gasteiger partial charge in [-0.05, 0) is 55.8 Å². The lowest BCUT2D eigenvalue weighted by atomic mass is 10.0. The zero-order valence-electron chi connectivity index (χ0n) is 18.1. The first-order valence-corrected chi connectivity index (χ1v) is 11.9. The zero-order valence-corrected chi connectivity index (χ0v) is 19.6. The van der Waals surface area contributed by atoms with Crippen molar-refractivity contribution in [2.24, 2.45) is 0 Å². The largest absolute Gasteiger partial charge is 0.302 e. The molecule has 0 aliphatic carbocycles. The van der Waals surface area contributed by atoms with Crippen molar-refractivity contribution in [1.29, 1.82) is 0 Å². The van der Waals surface area contributed by atoms with Crippen molar-refractivity contribution in [1.82, 2.24) is 14.8 Å². The molecule has 2 amide bonds. The minimum atomic E-state index is -0.279. The molecule has 0 radical (unpaired) electrons. The Labute approximate surface area is 202 Å². The predicted octanol–water partition coefficient (Wildman–Crippen LogP) is 5.79. The van der Waals surface area contributed by atoms with E-state index in [9.17, 15) is 9.59 Å². The van der Waals surface area contributed by atoms with E-state index in [1.807, 2.05) is 36.4 Å². The average molecular weight is 480 g/mol. The lowest BCUT2D eigenvalue weighted by Gasteiger charge is -2.27. The highest BCUT2D eigenvalue weighted by atomic mass is 35.5. The van der Waals surface area contributed by atoms with Gasteiger partial charge in [0.25, 0.3) is 11.8 Å². The monoisotopic (exact) mass is 479 g/mol. The van der Waals surface area contributed by atoms with Crippen LogP contribution in [0.1, 0.15) is 51.2 Å². The topological polar surface area (TPSA) is 53.5 Å². The Morgan fingerprint density at radius 3 is 2.39 bits per heavy atom. The lowest BCUT2D eigenvalue weighted by Crippen LogP contribution is -2.40. The summed E-state index contributed by atoms with van der Waals surface area (Å²) in [6.45, 7) is 3.12. The highest BCUT2D eigenvalue weighted by molar-refractivity contribution is 6.42. The SMILES string of the molecule is O=C1c2c(/C=C\c3ccc(Cl)c(Cl)c3)nc3ccccc3c2C(=O)N1CCN1CCCCC1. The first kappa shape index (κ1) is 22.1. The Morgan fingerprint density at radius 2 is 1.61 bits per heavy atom. The van der Waals surface area contributed by atoms with Gasteiger partial charge in [-0.3, -0.25) is 14.5 Å². The summed E-state index contributed by atoms with van der Waals surface area (Å²) in [5.41, 5.74) is 2.80. The van der Waals surface area contributed by atoms with E-state index in [1.54, 1.807) is 18.2 Å². The molecular formula is C26H23Cl2N3O2. The number of imide groups is 1. The third kappa shape index (κ3) is 4.29. The summed E-state index contributed by atoms with van der Waals surface area (Å²) < 4.78 is 0. The van der Waals surface area contributed by atoms with Gasteiger partial charge in [-0.2, -0.15) is 0 Å². The fourth-order valence-electron chi connectivity index (χ4n) is 4.57. The molecule has 168 valence electrons. The fraction of sp³-hybridized carbons (Fsp3) is 0.269. The average Bonchev–Trinajstić information content (AvgIpc) is 3.09. The van der Waals surface area contributed by atoms with Gasteiger partial charge < -0.3 is 4.90 Å². The molecule has 33 heavy (non-hydrogen) atoms. The number of benzene rings is 2. The van der Waals surface area contributed by atoms with Crippen LogP contribution >= 0.6 is 23.2 Å². The van der Waals surface area contributed by atoms with Crippen molar-refractivity contribution in [3.63, 3.8) is 0 Å². The number of likely N-dealkylation sites (tertiary alicyclic amines) is 1. The van der Waals surface area contributed by atoms with Gasteiger partial charge in [0, 0.05) is 18.5 Å². The first-order valence-electron chi connectivity index (χ1n) is 11.2. The Kier molecular flexibility index (Phi) is 6.19.